The summed E-state index contributed by atoms with van der Waals surface area (Å²) in [5, 5.41) is 1.34. The van der Waals surface area contributed by atoms with Gasteiger partial charge in [-0.1, -0.05) is 24.3 Å². The number of hydrogen-bond acceptors (Lipinski definition) is 3. The van der Waals surface area contributed by atoms with Crippen molar-refractivity contribution in [1.82, 2.24) is 9.88 Å². The summed E-state index contributed by atoms with van der Waals surface area (Å²) >= 11 is 0. The molecular weight excluding hydrogens is 276 g/mol. The largest absolute Gasteiger partial charge is 0.361 e. The molecule has 4 nitrogen and oxygen atoms in total. The zero-order chi connectivity index (χ0) is 15.4. The van der Waals surface area contributed by atoms with Crippen LogP contribution in [0.25, 0.3) is 10.9 Å². The van der Waals surface area contributed by atoms with Crippen LogP contribution in [0.5, 0.6) is 0 Å². The number of nitrogens with one attached hydrogen (secondary N) is 1. The Kier molecular flexibility index (Phi) is 4.93. The van der Waals surface area contributed by atoms with Crippen LogP contribution in [0.15, 0.2) is 42.1 Å². The van der Waals surface area contributed by atoms with Gasteiger partial charge < -0.3 is 14.5 Å². The van der Waals surface area contributed by atoms with Crippen LogP contribution in [0.2, 0.25) is 0 Å². The van der Waals surface area contributed by atoms with Crippen molar-refractivity contribution in [2.24, 2.45) is 0 Å². The van der Waals surface area contributed by atoms with Crippen LogP contribution >= 0.6 is 0 Å². The fourth-order valence-electron chi connectivity index (χ4n) is 3.16. The third kappa shape index (κ3) is 3.24. The number of hydrogen-bond donors (Lipinski definition) is 1. The van der Waals surface area contributed by atoms with Gasteiger partial charge in [-0.15, -0.1) is 0 Å². The van der Waals surface area contributed by atoms with E-state index in [0.29, 0.717) is 0 Å². The first-order valence-corrected chi connectivity index (χ1v) is 7.83. The number of benzene rings is 1. The van der Waals surface area contributed by atoms with Crippen molar-refractivity contribution in [2.45, 2.75) is 19.1 Å². The van der Waals surface area contributed by atoms with Crippen LogP contribution in [0.4, 0.5) is 0 Å². The number of aromatic nitrogens is 1. The van der Waals surface area contributed by atoms with Crippen LogP contribution in [0.1, 0.15) is 12.0 Å². The van der Waals surface area contributed by atoms with E-state index in [1.165, 1.54) is 22.0 Å². The Labute approximate surface area is 131 Å². The molecule has 0 radical (unpaired) electrons. The first kappa shape index (κ1) is 15.3. The summed E-state index contributed by atoms with van der Waals surface area (Å²) in [7, 11) is 3.39. The molecule has 4 heteroatoms. The van der Waals surface area contributed by atoms with Gasteiger partial charge in [-0.3, -0.25) is 4.90 Å². The van der Waals surface area contributed by atoms with Gasteiger partial charge >= 0.3 is 0 Å². The van der Waals surface area contributed by atoms with E-state index < -0.39 is 0 Å². The van der Waals surface area contributed by atoms with Gasteiger partial charge in [0.15, 0.2) is 6.29 Å². The lowest BCUT2D eigenvalue weighted by Crippen LogP contribution is -2.33. The maximum absolute atomic E-state index is 5.33. The average molecular weight is 300 g/mol. The van der Waals surface area contributed by atoms with Gasteiger partial charge in [0, 0.05) is 51.0 Å². The van der Waals surface area contributed by atoms with Crippen molar-refractivity contribution in [3.63, 3.8) is 0 Å². The molecule has 0 amide bonds. The number of aromatic amines is 1. The molecule has 1 aromatic carbocycles. The third-order valence-corrected chi connectivity index (χ3v) is 4.43. The van der Waals surface area contributed by atoms with Gasteiger partial charge in [-0.2, -0.15) is 0 Å². The number of para-hydroxylation sites is 1. The lowest BCUT2D eigenvalue weighted by molar-refractivity contribution is -0.0781. The van der Waals surface area contributed by atoms with E-state index in [1.807, 2.05) is 0 Å². The second-order valence-electron chi connectivity index (χ2n) is 5.74. The number of nitrogens with zero attached hydrogens (tertiary/aromatic N) is 1. The summed E-state index contributed by atoms with van der Waals surface area (Å²) in [4.78, 5) is 5.83. The quantitative estimate of drug-likeness (QED) is 0.658. The highest BCUT2D eigenvalue weighted by Crippen LogP contribution is 2.20. The lowest BCUT2D eigenvalue weighted by Gasteiger charge is -2.28. The number of methoxy groups -OCH3 is 2. The summed E-state index contributed by atoms with van der Waals surface area (Å²) in [6.45, 7) is 3.12. The van der Waals surface area contributed by atoms with Gasteiger partial charge in [-0.05, 0) is 30.0 Å². The molecule has 3 rings (SSSR count). The van der Waals surface area contributed by atoms with Crippen molar-refractivity contribution >= 4 is 10.9 Å². The first-order chi connectivity index (χ1) is 10.8. The van der Waals surface area contributed by atoms with E-state index in [1.54, 1.807) is 14.2 Å². The number of ether oxygens (including phenoxy) is 2. The van der Waals surface area contributed by atoms with Crippen molar-refractivity contribution in [3.8, 4) is 0 Å². The second-order valence-corrected chi connectivity index (χ2v) is 5.74. The molecule has 0 atom stereocenters. The molecule has 22 heavy (non-hydrogen) atoms. The van der Waals surface area contributed by atoms with Crippen LogP contribution in [-0.4, -0.2) is 50.0 Å². The molecule has 2 aromatic rings. The summed E-state index contributed by atoms with van der Waals surface area (Å²) in [5.41, 5.74) is 3.88. The fourth-order valence-corrected chi connectivity index (χ4v) is 3.16. The average Bonchev–Trinajstić information content (AvgIpc) is 2.98. The van der Waals surface area contributed by atoms with Gasteiger partial charge in [0.2, 0.25) is 0 Å². The minimum atomic E-state index is -0.184. The predicted molar refractivity (Wildman–Crippen MR) is 88.9 cm³/mol. The number of H-pyrrole nitrogens is 1. The number of rotatable bonds is 6. The Morgan fingerprint density at radius 3 is 2.77 bits per heavy atom. The molecule has 1 aliphatic heterocycles. The molecule has 0 bridgehead atoms. The highest BCUT2D eigenvalue weighted by Gasteiger charge is 2.18. The second kappa shape index (κ2) is 7.09. The summed E-state index contributed by atoms with van der Waals surface area (Å²) in [5.74, 6) is 0. The third-order valence-electron chi connectivity index (χ3n) is 4.43. The van der Waals surface area contributed by atoms with Crippen molar-refractivity contribution in [1.29, 1.82) is 0 Å². The van der Waals surface area contributed by atoms with Crippen molar-refractivity contribution in [3.05, 3.63) is 47.7 Å². The molecule has 2 heterocycles. The Morgan fingerprint density at radius 1 is 1.23 bits per heavy atom. The molecule has 1 aromatic heterocycles. The molecular formula is C18H24N2O2. The van der Waals surface area contributed by atoms with Crippen molar-refractivity contribution in [2.75, 3.05) is 33.9 Å². The first-order valence-electron chi connectivity index (χ1n) is 7.83. The molecule has 118 valence electrons. The summed E-state index contributed by atoms with van der Waals surface area (Å²) in [6, 6.07) is 8.49. The fraction of sp³-hybridized carbons (Fsp3) is 0.444. The topological polar surface area (TPSA) is 37.5 Å². The van der Waals surface area contributed by atoms with E-state index in [0.717, 1.165) is 32.5 Å². The Balaban J connectivity index is 1.57. The minimum Gasteiger partial charge on any atom is -0.361 e. The lowest BCUT2D eigenvalue weighted by atomic mass is 10.1. The smallest absolute Gasteiger partial charge is 0.179 e. The zero-order valence-electron chi connectivity index (χ0n) is 13.3. The van der Waals surface area contributed by atoms with Gasteiger partial charge in [0.25, 0.3) is 0 Å². The molecule has 0 aliphatic carbocycles. The maximum atomic E-state index is 5.33. The van der Waals surface area contributed by atoms with E-state index in [4.69, 9.17) is 9.47 Å². The molecule has 0 spiro atoms. The molecule has 0 saturated carbocycles. The van der Waals surface area contributed by atoms with Crippen LogP contribution in [-0.2, 0) is 15.9 Å². The van der Waals surface area contributed by atoms with Crippen LogP contribution < -0.4 is 0 Å². The molecule has 0 saturated heterocycles. The number of fused-ring (bicyclic) bond motifs is 1. The molecule has 0 unspecified atom stereocenters. The van der Waals surface area contributed by atoms with Gasteiger partial charge in [-0.25, -0.2) is 0 Å². The van der Waals surface area contributed by atoms with Gasteiger partial charge in [0.1, 0.15) is 0 Å². The molecule has 1 N–H and O–H groups in total. The predicted octanol–water partition coefficient (Wildman–Crippen LogP) is 2.96. The van der Waals surface area contributed by atoms with Crippen LogP contribution in [0, 0.1) is 0 Å². The van der Waals surface area contributed by atoms with E-state index in [9.17, 15) is 0 Å². The maximum Gasteiger partial charge on any atom is 0.179 e. The van der Waals surface area contributed by atoms with E-state index >= 15 is 0 Å². The summed E-state index contributed by atoms with van der Waals surface area (Å²) in [6.07, 6.45) is 6.29. The zero-order valence-corrected chi connectivity index (χ0v) is 13.3. The van der Waals surface area contributed by atoms with E-state index in [2.05, 4.69) is 46.4 Å². The van der Waals surface area contributed by atoms with Crippen molar-refractivity contribution < 1.29 is 9.47 Å². The normalized spacial score (nSPS) is 16.4. The van der Waals surface area contributed by atoms with E-state index in [-0.39, 0.29) is 6.29 Å². The highest BCUT2D eigenvalue weighted by molar-refractivity contribution is 5.83. The van der Waals surface area contributed by atoms with Crippen LogP contribution in [0.3, 0.4) is 0 Å². The minimum absolute atomic E-state index is 0.184. The Bertz CT molecular complexity index is 643. The Morgan fingerprint density at radius 2 is 2.05 bits per heavy atom. The Hall–Kier alpha value is -1.62. The molecule has 0 fully saturated rings. The molecule has 1 aliphatic rings. The van der Waals surface area contributed by atoms with Gasteiger partial charge in [0.05, 0.1) is 0 Å². The summed E-state index contributed by atoms with van der Waals surface area (Å²) < 4.78 is 10.7. The SMILES string of the molecule is COC(OC)C1=CCN(CCc2c[nH]c3ccccc23)CC1. The highest BCUT2D eigenvalue weighted by atomic mass is 16.7. The monoisotopic (exact) mass is 300 g/mol. The standard InChI is InChI=1S/C18H24N2O2/c1-21-18(22-2)14-7-10-20(11-8-14)12-9-15-13-19-17-6-4-3-5-16(15)17/h3-7,13,18-19H,8-12H2,1-2H3.